The van der Waals surface area contributed by atoms with Crippen LogP contribution in [0.4, 0.5) is 5.69 Å². The van der Waals surface area contributed by atoms with E-state index in [1.54, 1.807) is 44.2 Å². The highest BCUT2D eigenvalue weighted by Gasteiger charge is 2.21. The van der Waals surface area contributed by atoms with Gasteiger partial charge in [0.05, 0.1) is 6.07 Å². The first-order valence-electron chi connectivity index (χ1n) is 9.07. The van der Waals surface area contributed by atoms with Gasteiger partial charge < -0.3 is 15.4 Å². The lowest BCUT2D eigenvalue weighted by Crippen LogP contribution is -2.42. The van der Waals surface area contributed by atoms with E-state index in [-0.39, 0.29) is 17.1 Å². The average Bonchev–Trinajstić information content (AvgIpc) is 2.75. The first-order valence-corrected chi connectivity index (χ1v) is 9.07. The van der Waals surface area contributed by atoms with Crippen LogP contribution in [0.1, 0.15) is 34.7 Å². The molecule has 0 aliphatic carbocycles. The van der Waals surface area contributed by atoms with Crippen molar-refractivity contribution >= 4 is 17.5 Å². The molecule has 0 saturated carbocycles. The summed E-state index contributed by atoms with van der Waals surface area (Å²) in [5, 5.41) is 14.3. The number of carbonyl (C=O) groups excluding carboxylic acids is 2. The second-order valence-electron chi connectivity index (χ2n) is 6.85. The second-order valence-corrected chi connectivity index (χ2v) is 6.85. The van der Waals surface area contributed by atoms with Gasteiger partial charge >= 0.3 is 0 Å². The van der Waals surface area contributed by atoms with E-state index in [2.05, 4.69) is 20.6 Å². The fourth-order valence-corrected chi connectivity index (χ4v) is 2.45. The summed E-state index contributed by atoms with van der Waals surface area (Å²) in [6.45, 7) is 3.15. The molecule has 2 amide bonds. The monoisotopic (exact) mass is 401 g/mol. The van der Waals surface area contributed by atoms with Crippen LogP contribution in [0.3, 0.4) is 0 Å². The van der Waals surface area contributed by atoms with Gasteiger partial charge in [-0.25, -0.2) is 4.98 Å². The van der Waals surface area contributed by atoms with Crippen LogP contribution in [-0.4, -0.2) is 27.3 Å². The van der Waals surface area contributed by atoms with Crippen molar-refractivity contribution in [2.75, 3.05) is 5.32 Å². The summed E-state index contributed by atoms with van der Waals surface area (Å²) in [7, 11) is 0. The SMILES string of the molecule is CC(C)(C#N)NC(=O)c1cc(NC(=O)c2cccnc2Oc2ccccc2)ccn1. The third-order valence-electron chi connectivity index (χ3n) is 3.93. The van der Waals surface area contributed by atoms with Gasteiger partial charge in [0.25, 0.3) is 11.8 Å². The summed E-state index contributed by atoms with van der Waals surface area (Å²) < 4.78 is 5.72. The Hall–Kier alpha value is -4.25. The fraction of sp³-hybridized carbons (Fsp3) is 0.136. The number of carbonyl (C=O) groups is 2. The van der Waals surface area contributed by atoms with E-state index in [4.69, 9.17) is 10.00 Å². The maximum atomic E-state index is 12.8. The summed E-state index contributed by atoms with van der Waals surface area (Å²) >= 11 is 0. The molecule has 0 saturated heterocycles. The van der Waals surface area contributed by atoms with E-state index in [9.17, 15) is 9.59 Å². The number of rotatable bonds is 6. The molecule has 150 valence electrons. The molecule has 0 aliphatic heterocycles. The molecule has 0 fully saturated rings. The lowest BCUT2D eigenvalue weighted by atomic mass is 10.1. The van der Waals surface area contributed by atoms with E-state index in [0.717, 1.165) is 0 Å². The standard InChI is InChI=1S/C22H19N5O3/c1-22(2,14-23)27-20(29)18-13-15(10-12-24-18)26-19(28)17-9-6-11-25-21(17)30-16-7-4-3-5-8-16/h3-13H,1-2H3,(H,27,29)(H,24,26,28). The smallest absolute Gasteiger partial charge is 0.271 e. The molecule has 0 bridgehead atoms. The van der Waals surface area contributed by atoms with E-state index in [0.29, 0.717) is 11.4 Å². The Bertz CT molecular complexity index is 1110. The zero-order chi connectivity index (χ0) is 21.6. The van der Waals surface area contributed by atoms with Crippen molar-refractivity contribution in [1.29, 1.82) is 5.26 Å². The number of hydrogen-bond donors (Lipinski definition) is 2. The molecule has 3 rings (SSSR count). The Morgan fingerprint density at radius 2 is 1.77 bits per heavy atom. The summed E-state index contributed by atoms with van der Waals surface area (Å²) in [4.78, 5) is 33.2. The van der Waals surface area contributed by atoms with Crippen molar-refractivity contribution in [3.63, 3.8) is 0 Å². The summed E-state index contributed by atoms with van der Waals surface area (Å²) in [5.74, 6) is -0.270. The molecule has 0 radical (unpaired) electrons. The fourth-order valence-electron chi connectivity index (χ4n) is 2.45. The molecular formula is C22H19N5O3. The molecule has 2 heterocycles. The van der Waals surface area contributed by atoms with E-state index in [1.165, 1.54) is 18.5 Å². The number of anilines is 1. The molecule has 0 unspecified atom stereocenters. The molecule has 2 aromatic heterocycles. The molecule has 2 N–H and O–H groups in total. The normalized spacial score (nSPS) is 10.6. The molecule has 1 aromatic carbocycles. The average molecular weight is 401 g/mol. The highest BCUT2D eigenvalue weighted by Crippen LogP contribution is 2.23. The van der Waals surface area contributed by atoms with Crippen LogP contribution in [0.5, 0.6) is 11.6 Å². The van der Waals surface area contributed by atoms with Gasteiger partial charge in [-0.3, -0.25) is 14.6 Å². The Kier molecular flexibility index (Phi) is 6.03. The number of aromatic nitrogens is 2. The van der Waals surface area contributed by atoms with E-state index < -0.39 is 17.4 Å². The van der Waals surface area contributed by atoms with Crippen LogP contribution in [0.25, 0.3) is 0 Å². The Labute approximate surface area is 173 Å². The molecule has 0 spiro atoms. The number of benzene rings is 1. The minimum absolute atomic E-state index is 0.0723. The van der Waals surface area contributed by atoms with Gasteiger partial charge in [-0.2, -0.15) is 5.26 Å². The number of ether oxygens (including phenoxy) is 1. The van der Waals surface area contributed by atoms with Gasteiger partial charge in [-0.1, -0.05) is 18.2 Å². The van der Waals surface area contributed by atoms with Gasteiger partial charge in [0, 0.05) is 18.1 Å². The number of nitrogens with zero attached hydrogens (tertiary/aromatic N) is 3. The topological polar surface area (TPSA) is 117 Å². The summed E-state index contributed by atoms with van der Waals surface area (Å²) in [6.07, 6.45) is 2.93. The largest absolute Gasteiger partial charge is 0.438 e. The Morgan fingerprint density at radius 3 is 2.50 bits per heavy atom. The maximum absolute atomic E-state index is 12.8. The number of nitrogens with one attached hydrogen (secondary N) is 2. The third-order valence-corrected chi connectivity index (χ3v) is 3.93. The van der Waals surface area contributed by atoms with Crippen LogP contribution in [0.15, 0.2) is 67.0 Å². The molecule has 30 heavy (non-hydrogen) atoms. The Balaban J connectivity index is 1.77. The van der Waals surface area contributed by atoms with Gasteiger partial charge in [0.15, 0.2) is 0 Å². The predicted molar refractivity (Wildman–Crippen MR) is 110 cm³/mol. The zero-order valence-electron chi connectivity index (χ0n) is 16.4. The van der Waals surface area contributed by atoms with Gasteiger partial charge in [-0.15, -0.1) is 0 Å². The number of hydrogen-bond acceptors (Lipinski definition) is 6. The van der Waals surface area contributed by atoms with Crippen molar-refractivity contribution in [2.24, 2.45) is 0 Å². The lowest BCUT2D eigenvalue weighted by Gasteiger charge is -2.17. The van der Waals surface area contributed by atoms with Crippen LogP contribution in [0.2, 0.25) is 0 Å². The highest BCUT2D eigenvalue weighted by molar-refractivity contribution is 6.06. The number of para-hydroxylation sites is 1. The van der Waals surface area contributed by atoms with Crippen molar-refractivity contribution in [1.82, 2.24) is 15.3 Å². The van der Waals surface area contributed by atoms with Crippen LogP contribution in [0, 0.1) is 11.3 Å². The van der Waals surface area contributed by atoms with E-state index in [1.807, 2.05) is 24.3 Å². The van der Waals surface area contributed by atoms with Gasteiger partial charge in [0.1, 0.15) is 22.5 Å². The summed E-state index contributed by atoms with van der Waals surface area (Å²) in [6, 6.07) is 17.2. The third kappa shape index (κ3) is 5.17. The minimum atomic E-state index is -1.04. The predicted octanol–water partition coefficient (Wildman–Crippen LogP) is 3.55. The molecule has 0 aliphatic rings. The lowest BCUT2D eigenvalue weighted by molar-refractivity contribution is 0.0923. The second kappa shape index (κ2) is 8.84. The minimum Gasteiger partial charge on any atom is -0.438 e. The highest BCUT2D eigenvalue weighted by atomic mass is 16.5. The molecule has 8 heteroatoms. The molecule has 3 aromatic rings. The van der Waals surface area contributed by atoms with Crippen molar-refractivity contribution in [2.45, 2.75) is 19.4 Å². The van der Waals surface area contributed by atoms with Crippen molar-refractivity contribution in [3.05, 3.63) is 78.2 Å². The first-order chi connectivity index (χ1) is 14.4. The van der Waals surface area contributed by atoms with E-state index >= 15 is 0 Å². The molecule has 8 nitrogen and oxygen atoms in total. The van der Waals surface area contributed by atoms with Crippen molar-refractivity contribution < 1.29 is 14.3 Å². The summed E-state index contributed by atoms with van der Waals surface area (Å²) in [5.41, 5.74) is -0.375. The number of nitriles is 1. The molecular weight excluding hydrogens is 382 g/mol. The van der Waals surface area contributed by atoms with Crippen LogP contribution < -0.4 is 15.4 Å². The van der Waals surface area contributed by atoms with Crippen LogP contribution >= 0.6 is 0 Å². The van der Waals surface area contributed by atoms with Crippen LogP contribution in [-0.2, 0) is 0 Å². The zero-order valence-corrected chi connectivity index (χ0v) is 16.4. The van der Waals surface area contributed by atoms with Gasteiger partial charge in [-0.05, 0) is 50.2 Å². The van der Waals surface area contributed by atoms with Gasteiger partial charge in [0.2, 0.25) is 5.88 Å². The first kappa shape index (κ1) is 20.5. The number of pyridine rings is 2. The number of amides is 2. The molecule has 0 atom stereocenters. The maximum Gasteiger partial charge on any atom is 0.271 e. The Morgan fingerprint density at radius 1 is 1.00 bits per heavy atom. The quantitative estimate of drug-likeness (QED) is 0.652. The van der Waals surface area contributed by atoms with Crippen molar-refractivity contribution in [3.8, 4) is 17.7 Å².